The van der Waals surface area contributed by atoms with Crippen molar-refractivity contribution in [2.24, 2.45) is 0 Å². The second-order valence-corrected chi connectivity index (χ2v) is 2.59. The minimum Gasteiger partial charge on any atom is -0.466 e. The molecule has 0 aromatic heterocycles. The number of carbonyl (C=O) groups excluding carboxylic acids is 2. The van der Waals surface area contributed by atoms with E-state index < -0.39 is 5.97 Å². The molecule has 0 atom stereocenters. The Morgan fingerprint density at radius 1 is 1.77 bits per heavy atom. The van der Waals surface area contributed by atoms with Crippen LogP contribution in [-0.4, -0.2) is 37.1 Å². The van der Waals surface area contributed by atoms with Crippen molar-refractivity contribution in [3.05, 3.63) is 11.8 Å². The van der Waals surface area contributed by atoms with Gasteiger partial charge in [0.15, 0.2) is 0 Å². The van der Waals surface area contributed by atoms with Crippen LogP contribution in [0.15, 0.2) is 11.8 Å². The van der Waals surface area contributed by atoms with E-state index in [9.17, 15) is 9.59 Å². The van der Waals surface area contributed by atoms with Gasteiger partial charge in [-0.25, -0.2) is 9.59 Å². The lowest BCUT2D eigenvalue weighted by Gasteiger charge is -2.23. The molecular weight excluding hydrogens is 172 g/mol. The van der Waals surface area contributed by atoms with Gasteiger partial charge in [-0.15, -0.1) is 0 Å². The summed E-state index contributed by atoms with van der Waals surface area (Å²) < 4.78 is 4.53. The van der Waals surface area contributed by atoms with Crippen molar-refractivity contribution in [3.63, 3.8) is 0 Å². The van der Waals surface area contributed by atoms with E-state index in [-0.39, 0.29) is 12.6 Å². The van der Waals surface area contributed by atoms with E-state index in [0.29, 0.717) is 12.1 Å². The van der Waals surface area contributed by atoms with Gasteiger partial charge in [0.25, 0.3) is 0 Å². The first-order chi connectivity index (χ1) is 6.19. The molecule has 72 valence electrons. The molecule has 1 rings (SSSR count). The summed E-state index contributed by atoms with van der Waals surface area (Å²) in [6.45, 7) is 2.60. The number of rotatable bonds is 2. The smallest absolute Gasteiger partial charge is 0.337 e. The molecular formula is C8H12N2O3. The molecule has 1 aliphatic heterocycles. The van der Waals surface area contributed by atoms with E-state index in [0.717, 1.165) is 0 Å². The maximum atomic E-state index is 11.1. The molecule has 2 amide bonds. The molecule has 0 unspecified atom stereocenters. The van der Waals surface area contributed by atoms with Crippen LogP contribution in [0.25, 0.3) is 0 Å². The average Bonchev–Trinajstić information content (AvgIpc) is 2.17. The van der Waals surface area contributed by atoms with Crippen LogP contribution in [-0.2, 0) is 9.53 Å². The van der Waals surface area contributed by atoms with Crippen LogP contribution >= 0.6 is 0 Å². The number of urea groups is 1. The van der Waals surface area contributed by atoms with E-state index in [1.54, 1.807) is 0 Å². The molecule has 5 heteroatoms. The summed E-state index contributed by atoms with van der Waals surface area (Å²) >= 11 is 0. The van der Waals surface area contributed by atoms with Crippen molar-refractivity contribution in [2.45, 2.75) is 6.92 Å². The number of nitrogens with zero attached hydrogens (tertiary/aromatic N) is 1. The first kappa shape index (κ1) is 9.57. The Bertz CT molecular complexity index is 260. The lowest BCUT2D eigenvalue weighted by atomic mass is 10.2. The zero-order valence-corrected chi connectivity index (χ0v) is 7.66. The molecule has 1 heterocycles. The topological polar surface area (TPSA) is 58.6 Å². The third kappa shape index (κ3) is 1.99. The summed E-state index contributed by atoms with van der Waals surface area (Å²) in [4.78, 5) is 23.6. The first-order valence-electron chi connectivity index (χ1n) is 4.02. The fraction of sp³-hybridized carbons (Fsp3) is 0.500. The van der Waals surface area contributed by atoms with Gasteiger partial charge in [-0.2, -0.15) is 0 Å². The summed E-state index contributed by atoms with van der Waals surface area (Å²) in [5.74, 6) is -0.404. The normalized spacial score (nSPS) is 16.3. The van der Waals surface area contributed by atoms with Gasteiger partial charge in [-0.3, -0.25) is 0 Å². The Morgan fingerprint density at radius 2 is 2.46 bits per heavy atom. The van der Waals surface area contributed by atoms with Gasteiger partial charge in [0.05, 0.1) is 19.2 Å². The number of hydrogen-bond donors (Lipinski definition) is 1. The van der Waals surface area contributed by atoms with E-state index in [2.05, 4.69) is 10.1 Å². The van der Waals surface area contributed by atoms with E-state index >= 15 is 0 Å². The quantitative estimate of drug-likeness (QED) is 0.619. The van der Waals surface area contributed by atoms with E-state index in [1.807, 2.05) is 6.92 Å². The standard InChI is InChI=1S/C8H12N2O3/c1-3-10-5-6(7(11)13-2)4-9-8(10)12/h5H,3-4H2,1-2H3,(H,9,12). The maximum Gasteiger partial charge on any atom is 0.337 e. The molecule has 0 saturated heterocycles. The minimum atomic E-state index is -0.404. The molecule has 13 heavy (non-hydrogen) atoms. The fourth-order valence-corrected chi connectivity index (χ4v) is 1.06. The molecule has 0 aromatic rings. The van der Waals surface area contributed by atoms with Gasteiger partial charge in [0.1, 0.15) is 0 Å². The summed E-state index contributed by atoms with van der Waals surface area (Å²) in [5.41, 5.74) is 0.462. The van der Waals surface area contributed by atoms with Crippen LogP contribution in [0.3, 0.4) is 0 Å². The predicted octanol–water partition coefficient (Wildman–Crippen LogP) is 0.0884. The van der Waals surface area contributed by atoms with Crippen molar-refractivity contribution >= 4 is 12.0 Å². The number of ether oxygens (including phenoxy) is 1. The van der Waals surface area contributed by atoms with Crippen LogP contribution in [0.5, 0.6) is 0 Å². The van der Waals surface area contributed by atoms with Crippen LogP contribution in [0.2, 0.25) is 0 Å². The van der Waals surface area contributed by atoms with Crippen LogP contribution in [0, 0.1) is 0 Å². The highest BCUT2D eigenvalue weighted by Gasteiger charge is 2.20. The van der Waals surface area contributed by atoms with Gasteiger partial charge < -0.3 is 15.0 Å². The molecule has 0 radical (unpaired) electrons. The summed E-state index contributed by atoms with van der Waals surface area (Å²) in [6.07, 6.45) is 1.52. The van der Waals surface area contributed by atoms with E-state index in [1.165, 1.54) is 18.2 Å². The van der Waals surface area contributed by atoms with Crippen molar-refractivity contribution in [1.82, 2.24) is 10.2 Å². The number of methoxy groups -OCH3 is 1. The van der Waals surface area contributed by atoms with Crippen molar-refractivity contribution < 1.29 is 14.3 Å². The molecule has 0 fully saturated rings. The van der Waals surface area contributed by atoms with Gasteiger partial charge in [-0.1, -0.05) is 0 Å². The molecule has 0 aliphatic carbocycles. The van der Waals surface area contributed by atoms with Crippen LogP contribution in [0.4, 0.5) is 4.79 Å². The molecule has 0 bridgehead atoms. The SMILES string of the molecule is CCN1C=C(C(=O)OC)CNC1=O. The lowest BCUT2D eigenvalue weighted by molar-refractivity contribution is -0.136. The van der Waals surface area contributed by atoms with Crippen LogP contribution < -0.4 is 5.32 Å². The molecule has 0 saturated carbocycles. The molecule has 0 spiro atoms. The highest BCUT2D eigenvalue weighted by Crippen LogP contribution is 2.05. The zero-order valence-electron chi connectivity index (χ0n) is 7.66. The van der Waals surface area contributed by atoms with Crippen molar-refractivity contribution in [1.29, 1.82) is 0 Å². The Kier molecular flexibility index (Phi) is 2.89. The highest BCUT2D eigenvalue weighted by atomic mass is 16.5. The summed E-state index contributed by atoms with van der Waals surface area (Å²) in [5, 5.41) is 2.57. The largest absolute Gasteiger partial charge is 0.466 e. The Balaban J connectivity index is 2.77. The minimum absolute atomic E-state index is 0.185. The molecule has 1 N–H and O–H groups in total. The first-order valence-corrected chi connectivity index (χ1v) is 4.02. The molecule has 1 aliphatic rings. The lowest BCUT2D eigenvalue weighted by Crippen LogP contribution is -2.43. The fourth-order valence-electron chi connectivity index (χ4n) is 1.06. The number of esters is 1. The van der Waals surface area contributed by atoms with Crippen molar-refractivity contribution in [2.75, 3.05) is 20.2 Å². The summed E-state index contributed by atoms with van der Waals surface area (Å²) in [7, 11) is 1.32. The Hall–Kier alpha value is -1.52. The van der Waals surface area contributed by atoms with Gasteiger partial charge in [0, 0.05) is 12.7 Å². The second-order valence-electron chi connectivity index (χ2n) is 2.59. The van der Waals surface area contributed by atoms with Crippen LogP contribution in [0.1, 0.15) is 6.92 Å². The average molecular weight is 184 g/mol. The number of nitrogens with one attached hydrogen (secondary N) is 1. The Labute approximate surface area is 76.3 Å². The monoisotopic (exact) mass is 184 g/mol. The van der Waals surface area contributed by atoms with Crippen molar-refractivity contribution in [3.8, 4) is 0 Å². The predicted molar refractivity (Wildman–Crippen MR) is 45.9 cm³/mol. The second kappa shape index (κ2) is 3.93. The molecule has 5 nitrogen and oxygen atoms in total. The molecule has 0 aromatic carbocycles. The third-order valence-corrected chi connectivity index (χ3v) is 1.79. The van der Waals surface area contributed by atoms with Gasteiger partial charge in [0.2, 0.25) is 0 Å². The zero-order chi connectivity index (χ0) is 9.84. The van der Waals surface area contributed by atoms with Gasteiger partial charge >= 0.3 is 12.0 Å². The number of hydrogen-bond acceptors (Lipinski definition) is 3. The number of carbonyl (C=O) groups is 2. The van der Waals surface area contributed by atoms with Gasteiger partial charge in [-0.05, 0) is 6.92 Å². The third-order valence-electron chi connectivity index (χ3n) is 1.79. The Morgan fingerprint density at radius 3 is 3.00 bits per heavy atom. The maximum absolute atomic E-state index is 11.1. The number of amides is 2. The summed E-state index contributed by atoms with van der Waals surface area (Å²) in [6, 6.07) is -0.185. The van der Waals surface area contributed by atoms with E-state index in [4.69, 9.17) is 0 Å². The highest BCUT2D eigenvalue weighted by molar-refractivity contribution is 5.92.